The monoisotopic (exact) mass is 307 g/mol. The van der Waals surface area contributed by atoms with Gasteiger partial charge in [-0.25, -0.2) is 8.42 Å². The van der Waals surface area contributed by atoms with Gasteiger partial charge < -0.3 is 0 Å². The SMILES string of the molecule is CCCCc1ccc(NS(=O)(=O)c2cnn(CC)c2)cc1. The van der Waals surface area contributed by atoms with Crippen LogP contribution in [0.1, 0.15) is 32.3 Å². The van der Waals surface area contributed by atoms with Crippen LogP contribution in [0.5, 0.6) is 0 Å². The van der Waals surface area contributed by atoms with E-state index < -0.39 is 10.0 Å². The van der Waals surface area contributed by atoms with Crippen molar-refractivity contribution in [2.75, 3.05) is 4.72 Å². The number of aromatic nitrogens is 2. The van der Waals surface area contributed by atoms with Crippen molar-refractivity contribution in [1.82, 2.24) is 9.78 Å². The second-order valence-electron chi connectivity index (χ2n) is 4.94. The Morgan fingerprint density at radius 1 is 1.19 bits per heavy atom. The van der Waals surface area contributed by atoms with E-state index in [2.05, 4.69) is 16.7 Å². The molecule has 0 aliphatic rings. The molecule has 0 radical (unpaired) electrons. The lowest BCUT2D eigenvalue weighted by Gasteiger charge is -2.07. The van der Waals surface area contributed by atoms with Crippen LogP contribution in [0.4, 0.5) is 5.69 Å². The van der Waals surface area contributed by atoms with Gasteiger partial charge in [-0.05, 0) is 37.5 Å². The Morgan fingerprint density at radius 3 is 2.48 bits per heavy atom. The summed E-state index contributed by atoms with van der Waals surface area (Å²) in [6.45, 7) is 4.70. The van der Waals surface area contributed by atoms with Gasteiger partial charge in [-0.2, -0.15) is 5.10 Å². The quantitative estimate of drug-likeness (QED) is 0.855. The molecule has 0 fully saturated rings. The zero-order valence-corrected chi connectivity index (χ0v) is 13.2. The molecule has 0 saturated heterocycles. The van der Waals surface area contributed by atoms with Gasteiger partial charge in [0.2, 0.25) is 0 Å². The smallest absolute Gasteiger partial charge is 0.265 e. The summed E-state index contributed by atoms with van der Waals surface area (Å²) in [4.78, 5) is 0.180. The minimum atomic E-state index is -3.57. The zero-order chi connectivity index (χ0) is 15.3. The fourth-order valence-corrected chi connectivity index (χ4v) is 3.00. The standard InChI is InChI=1S/C15H21N3O2S/c1-3-5-6-13-7-9-14(10-8-13)17-21(19,20)15-11-16-18(4-2)12-15/h7-12,17H,3-6H2,1-2H3. The summed E-state index contributed by atoms with van der Waals surface area (Å²) in [5.41, 5.74) is 1.79. The largest absolute Gasteiger partial charge is 0.280 e. The Bertz CT molecular complexity index is 675. The summed E-state index contributed by atoms with van der Waals surface area (Å²) in [5, 5.41) is 3.99. The van der Waals surface area contributed by atoms with Crippen LogP contribution in [0.3, 0.4) is 0 Å². The molecule has 2 rings (SSSR count). The number of hydrogen-bond acceptors (Lipinski definition) is 3. The molecule has 1 heterocycles. The lowest BCUT2D eigenvalue weighted by molar-refractivity contribution is 0.600. The highest BCUT2D eigenvalue weighted by Gasteiger charge is 2.16. The number of rotatable bonds is 7. The molecular formula is C15H21N3O2S. The lowest BCUT2D eigenvalue weighted by Crippen LogP contribution is -2.12. The van der Waals surface area contributed by atoms with Gasteiger partial charge in [0.25, 0.3) is 10.0 Å². The number of hydrogen-bond donors (Lipinski definition) is 1. The highest BCUT2D eigenvalue weighted by Crippen LogP contribution is 2.17. The van der Waals surface area contributed by atoms with E-state index in [1.165, 1.54) is 18.0 Å². The third kappa shape index (κ3) is 4.07. The van der Waals surface area contributed by atoms with Crippen molar-refractivity contribution < 1.29 is 8.42 Å². The molecule has 114 valence electrons. The van der Waals surface area contributed by atoms with Crippen LogP contribution in [-0.4, -0.2) is 18.2 Å². The Labute approximate surface area is 126 Å². The van der Waals surface area contributed by atoms with E-state index in [0.29, 0.717) is 12.2 Å². The highest BCUT2D eigenvalue weighted by atomic mass is 32.2. The van der Waals surface area contributed by atoms with E-state index in [0.717, 1.165) is 19.3 Å². The van der Waals surface area contributed by atoms with Crippen LogP contribution in [0, 0.1) is 0 Å². The van der Waals surface area contributed by atoms with E-state index in [4.69, 9.17) is 0 Å². The summed E-state index contributed by atoms with van der Waals surface area (Å²) in [5.74, 6) is 0. The maximum atomic E-state index is 12.2. The second kappa shape index (κ2) is 6.76. The van der Waals surface area contributed by atoms with E-state index in [1.54, 1.807) is 16.8 Å². The summed E-state index contributed by atoms with van der Waals surface area (Å²) in [6, 6.07) is 7.52. The van der Waals surface area contributed by atoms with Crippen LogP contribution in [-0.2, 0) is 23.0 Å². The predicted molar refractivity (Wildman–Crippen MR) is 83.8 cm³/mol. The fourth-order valence-electron chi connectivity index (χ4n) is 1.99. The summed E-state index contributed by atoms with van der Waals surface area (Å²) < 4.78 is 28.6. The summed E-state index contributed by atoms with van der Waals surface area (Å²) in [7, 11) is -3.57. The van der Waals surface area contributed by atoms with Crippen molar-refractivity contribution in [3.8, 4) is 0 Å². The fraction of sp³-hybridized carbons (Fsp3) is 0.400. The molecule has 0 saturated carbocycles. The molecule has 2 aromatic rings. The van der Waals surface area contributed by atoms with Crippen molar-refractivity contribution in [3.05, 3.63) is 42.2 Å². The van der Waals surface area contributed by atoms with Crippen molar-refractivity contribution in [1.29, 1.82) is 0 Å². The van der Waals surface area contributed by atoms with E-state index in [9.17, 15) is 8.42 Å². The van der Waals surface area contributed by atoms with Gasteiger partial charge in [0.05, 0.1) is 6.20 Å². The minimum absolute atomic E-state index is 0.180. The molecule has 6 heteroatoms. The Kier molecular flexibility index (Phi) is 5.01. The van der Waals surface area contributed by atoms with Crippen LogP contribution in [0.25, 0.3) is 0 Å². The number of nitrogens with zero attached hydrogens (tertiary/aromatic N) is 2. The predicted octanol–water partition coefficient (Wildman–Crippen LogP) is 3.05. The van der Waals surface area contributed by atoms with Crippen LogP contribution in [0.15, 0.2) is 41.6 Å². The number of aryl methyl sites for hydroxylation is 2. The van der Waals surface area contributed by atoms with Gasteiger partial charge in [0.1, 0.15) is 4.90 Å². The van der Waals surface area contributed by atoms with Crippen LogP contribution in [0.2, 0.25) is 0 Å². The van der Waals surface area contributed by atoms with Crippen LogP contribution < -0.4 is 4.72 Å². The maximum absolute atomic E-state index is 12.2. The van der Waals surface area contributed by atoms with Crippen LogP contribution >= 0.6 is 0 Å². The first kappa shape index (κ1) is 15.6. The zero-order valence-electron chi connectivity index (χ0n) is 12.4. The van der Waals surface area contributed by atoms with Crippen molar-refractivity contribution >= 4 is 15.7 Å². The number of unbranched alkanes of at least 4 members (excludes halogenated alkanes) is 1. The first-order valence-corrected chi connectivity index (χ1v) is 8.67. The van der Waals surface area contributed by atoms with Gasteiger partial charge >= 0.3 is 0 Å². The molecule has 0 spiro atoms. The maximum Gasteiger partial charge on any atom is 0.265 e. The molecule has 0 unspecified atom stereocenters. The van der Waals surface area contributed by atoms with Gasteiger partial charge in [0.15, 0.2) is 0 Å². The third-order valence-electron chi connectivity index (χ3n) is 3.27. The average molecular weight is 307 g/mol. The molecular weight excluding hydrogens is 286 g/mol. The number of anilines is 1. The summed E-state index contributed by atoms with van der Waals surface area (Å²) >= 11 is 0. The molecule has 0 amide bonds. The second-order valence-corrected chi connectivity index (χ2v) is 6.62. The Hall–Kier alpha value is -1.82. The molecule has 0 aliphatic carbocycles. The molecule has 0 bridgehead atoms. The van der Waals surface area contributed by atoms with E-state index in [1.807, 2.05) is 19.1 Å². The molecule has 5 nitrogen and oxygen atoms in total. The molecule has 0 aliphatic heterocycles. The molecule has 21 heavy (non-hydrogen) atoms. The Morgan fingerprint density at radius 2 is 1.90 bits per heavy atom. The molecule has 1 aromatic carbocycles. The average Bonchev–Trinajstić information content (AvgIpc) is 2.96. The van der Waals surface area contributed by atoms with E-state index in [-0.39, 0.29) is 4.90 Å². The number of nitrogens with one attached hydrogen (secondary N) is 1. The van der Waals surface area contributed by atoms with Gasteiger partial charge in [0, 0.05) is 18.4 Å². The topological polar surface area (TPSA) is 64.0 Å². The Balaban J connectivity index is 2.09. The first-order chi connectivity index (χ1) is 10.0. The van der Waals surface area contributed by atoms with Gasteiger partial charge in [-0.3, -0.25) is 9.40 Å². The van der Waals surface area contributed by atoms with Crippen molar-refractivity contribution in [3.63, 3.8) is 0 Å². The molecule has 0 atom stereocenters. The third-order valence-corrected chi connectivity index (χ3v) is 4.60. The minimum Gasteiger partial charge on any atom is -0.280 e. The number of benzene rings is 1. The first-order valence-electron chi connectivity index (χ1n) is 7.19. The molecule has 1 N–H and O–H groups in total. The molecule has 1 aromatic heterocycles. The van der Waals surface area contributed by atoms with E-state index >= 15 is 0 Å². The highest BCUT2D eigenvalue weighted by molar-refractivity contribution is 7.92. The van der Waals surface area contributed by atoms with Gasteiger partial charge in [-0.15, -0.1) is 0 Å². The number of sulfonamides is 1. The lowest BCUT2D eigenvalue weighted by atomic mass is 10.1. The summed E-state index contributed by atoms with van der Waals surface area (Å²) in [6.07, 6.45) is 6.20. The van der Waals surface area contributed by atoms with Crippen molar-refractivity contribution in [2.24, 2.45) is 0 Å². The normalized spacial score (nSPS) is 11.5. The van der Waals surface area contributed by atoms with Crippen molar-refractivity contribution in [2.45, 2.75) is 44.6 Å². The van der Waals surface area contributed by atoms with Gasteiger partial charge in [-0.1, -0.05) is 25.5 Å².